The molecule has 70 valence electrons. The maximum absolute atomic E-state index is 11.0. The average Bonchev–Trinajstić information content (AvgIpc) is 2.62. The molecule has 1 atom stereocenters. The Labute approximate surface area is 76.9 Å². The first-order valence-corrected chi connectivity index (χ1v) is 4.61. The summed E-state index contributed by atoms with van der Waals surface area (Å²) in [5, 5.41) is 8.19. The number of ketones is 1. The molecular formula is C9H13N3O. The average molecular weight is 179 g/mol. The first-order chi connectivity index (χ1) is 6.24. The van der Waals surface area contributed by atoms with E-state index in [1.165, 1.54) is 0 Å². The first kappa shape index (κ1) is 8.41. The molecule has 0 N–H and O–H groups in total. The van der Waals surface area contributed by atoms with E-state index in [4.69, 9.17) is 0 Å². The Kier molecular flexibility index (Phi) is 2.12. The van der Waals surface area contributed by atoms with Gasteiger partial charge in [-0.25, -0.2) is 0 Å². The number of aryl methyl sites for hydroxylation is 1. The van der Waals surface area contributed by atoms with Crippen LogP contribution in [0.25, 0.3) is 0 Å². The molecule has 0 aromatic carbocycles. The van der Waals surface area contributed by atoms with Gasteiger partial charge in [0, 0.05) is 19.9 Å². The third-order valence-electron chi connectivity index (χ3n) is 2.49. The van der Waals surface area contributed by atoms with Crippen LogP contribution < -0.4 is 0 Å². The normalized spacial score (nSPS) is 22.5. The van der Waals surface area contributed by atoms with E-state index in [2.05, 4.69) is 10.2 Å². The van der Waals surface area contributed by atoms with Crippen LogP contribution in [0.3, 0.4) is 0 Å². The van der Waals surface area contributed by atoms with E-state index in [0.29, 0.717) is 11.7 Å². The van der Waals surface area contributed by atoms with Crippen LogP contribution in [0.1, 0.15) is 25.0 Å². The van der Waals surface area contributed by atoms with Gasteiger partial charge in [-0.05, 0) is 18.8 Å². The number of rotatable bonds is 2. The molecule has 1 fully saturated rings. The number of nitrogens with zero attached hydrogens (tertiary/aromatic N) is 3. The minimum Gasteiger partial charge on any atom is -0.300 e. The van der Waals surface area contributed by atoms with E-state index in [9.17, 15) is 4.79 Å². The number of hydrogen-bond acceptors (Lipinski definition) is 3. The van der Waals surface area contributed by atoms with Gasteiger partial charge in [0.15, 0.2) is 0 Å². The molecule has 1 aromatic rings. The van der Waals surface area contributed by atoms with Gasteiger partial charge in [0.2, 0.25) is 0 Å². The second-order valence-corrected chi connectivity index (χ2v) is 3.68. The molecule has 2 rings (SSSR count). The Hall–Kier alpha value is -1.19. The summed E-state index contributed by atoms with van der Waals surface area (Å²) in [6.07, 6.45) is 5.19. The van der Waals surface area contributed by atoms with Crippen LogP contribution in [0.5, 0.6) is 0 Å². The second kappa shape index (κ2) is 3.28. The highest BCUT2D eigenvalue weighted by Gasteiger charge is 2.22. The predicted molar refractivity (Wildman–Crippen MR) is 47.1 cm³/mol. The maximum atomic E-state index is 11.0. The van der Waals surface area contributed by atoms with Crippen molar-refractivity contribution in [2.45, 2.75) is 25.7 Å². The molecular weight excluding hydrogens is 166 g/mol. The van der Waals surface area contributed by atoms with Crippen molar-refractivity contribution in [1.82, 2.24) is 15.0 Å². The molecule has 1 unspecified atom stereocenters. The topological polar surface area (TPSA) is 47.8 Å². The van der Waals surface area contributed by atoms with Crippen LogP contribution in [0.15, 0.2) is 6.20 Å². The molecule has 4 nitrogen and oxygen atoms in total. The molecule has 0 radical (unpaired) electrons. The Morgan fingerprint density at radius 2 is 2.54 bits per heavy atom. The smallest absolute Gasteiger partial charge is 0.133 e. The summed E-state index contributed by atoms with van der Waals surface area (Å²) in [5.74, 6) is 0.901. The molecule has 4 heteroatoms. The van der Waals surface area contributed by atoms with E-state index < -0.39 is 0 Å². The van der Waals surface area contributed by atoms with Crippen molar-refractivity contribution in [1.29, 1.82) is 0 Å². The van der Waals surface area contributed by atoms with Gasteiger partial charge in [0.05, 0.1) is 11.9 Å². The lowest BCUT2D eigenvalue weighted by Gasteiger charge is -2.02. The molecule has 0 bridgehead atoms. The van der Waals surface area contributed by atoms with Crippen molar-refractivity contribution in [3.8, 4) is 0 Å². The number of carbonyl (C=O) groups is 1. The van der Waals surface area contributed by atoms with Crippen molar-refractivity contribution in [2.24, 2.45) is 13.0 Å². The predicted octanol–water partition coefficient (Wildman–Crippen LogP) is 0.727. The van der Waals surface area contributed by atoms with Gasteiger partial charge < -0.3 is 0 Å². The third kappa shape index (κ3) is 1.94. The fourth-order valence-electron chi connectivity index (χ4n) is 1.84. The zero-order valence-electron chi connectivity index (χ0n) is 7.73. The quantitative estimate of drug-likeness (QED) is 0.672. The number of carbonyl (C=O) groups excluding carboxylic acids is 1. The lowest BCUT2D eigenvalue weighted by Crippen LogP contribution is -2.01. The van der Waals surface area contributed by atoms with Gasteiger partial charge >= 0.3 is 0 Å². The summed E-state index contributed by atoms with van der Waals surface area (Å²) < 4.78 is 0. The summed E-state index contributed by atoms with van der Waals surface area (Å²) in [6, 6.07) is 0. The maximum Gasteiger partial charge on any atom is 0.133 e. The van der Waals surface area contributed by atoms with Crippen LogP contribution in [0, 0.1) is 5.92 Å². The highest BCUT2D eigenvalue weighted by Crippen LogP contribution is 2.24. The molecule has 0 amide bonds. The van der Waals surface area contributed by atoms with Crippen LogP contribution in [-0.4, -0.2) is 20.8 Å². The van der Waals surface area contributed by atoms with E-state index >= 15 is 0 Å². The van der Waals surface area contributed by atoms with E-state index in [0.717, 1.165) is 31.4 Å². The van der Waals surface area contributed by atoms with Crippen LogP contribution in [0.2, 0.25) is 0 Å². The monoisotopic (exact) mass is 179 g/mol. The Bertz CT molecular complexity index is 318. The number of aromatic nitrogens is 3. The van der Waals surface area contributed by atoms with Crippen molar-refractivity contribution in [2.75, 3.05) is 0 Å². The summed E-state index contributed by atoms with van der Waals surface area (Å²) in [6.45, 7) is 0. The van der Waals surface area contributed by atoms with E-state index in [-0.39, 0.29) is 0 Å². The van der Waals surface area contributed by atoms with Crippen LogP contribution in [-0.2, 0) is 18.3 Å². The molecule has 0 aliphatic heterocycles. The van der Waals surface area contributed by atoms with E-state index in [1.54, 1.807) is 11.0 Å². The fourth-order valence-corrected chi connectivity index (χ4v) is 1.84. The fraction of sp³-hybridized carbons (Fsp3) is 0.667. The summed E-state index contributed by atoms with van der Waals surface area (Å²) in [4.78, 5) is 12.6. The molecule has 1 aliphatic rings. The zero-order valence-corrected chi connectivity index (χ0v) is 7.73. The highest BCUT2D eigenvalue weighted by molar-refractivity contribution is 5.80. The van der Waals surface area contributed by atoms with Crippen molar-refractivity contribution < 1.29 is 4.79 Å². The second-order valence-electron chi connectivity index (χ2n) is 3.68. The highest BCUT2D eigenvalue weighted by atomic mass is 16.1. The Morgan fingerprint density at radius 3 is 3.08 bits per heavy atom. The molecule has 0 spiro atoms. The van der Waals surface area contributed by atoms with Gasteiger partial charge in [-0.2, -0.15) is 15.0 Å². The minimum atomic E-state index is 0.397. The van der Waals surface area contributed by atoms with Gasteiger partial charge in [-0.3, -0.25) is 4.79 Å². The van der Waals surface area contributed by atoms with Crippen LogP contribution in [0.4, 0.5) is 0 Å². The number of Topliss-reactive ketones (excluding diaryl/α,β-unsaturated/α-hetero) is 1. The first-order valence-electron chi connectivity index (χ1n) is 4.61. The lowest BCUT2D eigenvalue weighted by atomic mass is 10.0. The van der Waals surface area contributed by atoms with Crippen molar-refractivity contribution in [3.05, 3.63) is 11.9 Å². The van der Waals surface area contributed by atoms with Crippen LogP contribution >= 0.6 is 0 Å². The standard InChI is InChI=1S/C9H13N3O/c1-12-10-6-8(11-12)4-7-2-3-9(13)5-7/h6-7H,2-5H2,1H3. The zero-order chi connectivity index (χ0) is 9.26. The summed E-state index contributed by atoms with van der Waals surface area (Å²) in [7, 11) is 1.81. The van der Waals surface area contributed by atoms with Gasteiger partial charge in [-0.1, -0.05) is 0 Å². The molecule has 0 saturated heterocycles. The van der Waals surface area contributed by atoms with Gasteiger partial charge in [0.25, 0.3) is 0 Å². The molecule has 13 heavy (non-hydrogen) atoms. The Balaban J connectivity index is 1.95. The summed E-state index contributed by atoms with van der Waals surface area (Å²) >= 11 is 0. The molecule has 1 aromatic heterocycles. The van der Waals surface area contributed by atoms with Crippen molar-refractivity contribution in [3.63, 3.8) is 0 Å². The minimum absolute atomic E-state index is 0.397. The lowest BCUT2D eigenvalue weighted by molar-refractivity contribution is -0.117. The van der Waals surface area contributed by atoms with E-state index in [1.807, 2.05) is 7.05 Å². The van der Waals surface area contributed by atoms with Crippen molar-refractivity contribution >= 4 is 5.78 Å². The third-order valence-corrected chi connectivity index (χ3v) is 2.49. The van der Waals surface area contributed by atoms with Gasteiger partial charge in [0.1, 0.15) is 5.78 Å². The molecule has 1 heterocycles. The Morgan fingerprint density at radius 1 is 1.69 bits per heavy atom. The summed E-state index contributed by atoms with van der Waals surface area (Å²) in [5.41, 5.74) is 1.00. The SMILES string of the molecule is Cn1ncc(CC2CCC(=O)C2)n1. The molecule has 1 aliphatic carbocycles. The molecule has 1 saturated carbocycles. The number of hydrogen-bond donors (Lipinski definition) is 0. The van der Waals surface area contributed by atoms with Gasteiger partial charge in [-0.15, -0.1) is 0 Å². The largest absolute Gasteiger partial charge is 0.300 e.